The van der Waals surface area contributed by atoms with Crippen molar-refractivity contribution < 1.29 is 0 Å². The summed E-state index contributed by atoms with van der Waals surface area (Å²) in [5.74, 6) is 0.346. The van der Waals surface area contributed by atoms with Gasteiger partial charge in [0.15, 0.2) is 4.96 Å². The first-order chi connectivity index (χ1) is 9.28. The number of hydrogen-bond donors (Lipinski definition) is 0. The van der Waals surface area contributed by atoms with Gasteiger partial charge in [0.25, 0.3) is 0 Å². The molecule has 5 heteroatoms. The Bertz CT molecular complexity index is 663. The highest BCUT2D eigenvalue weighted by molar-refractivity contribution is 9.09. The molecule has 3 aromatic rings. The summed E-state index contributed by atoms with van der Waals surface area (Å²) in [7, 11) is 0. The number of nitrogens with zero attached hydrogens (tertiary/aromatic N) is 2. The minimum atomic E-state index is 0.346. The summed E-state index contributed by atoms with van der Waals surface area (Å²) in [6.07, 6.45) is 5.02. The lowest BCUT2D eigenvalue weighted by molar-refractivity contribution is 0.761. The Morgan fingerprint density at radius 1 is 1.37 bits per heavy atom. The molecule has 0 N–H and O–H groups in total. The van der Waals surface area contributed by atoms with Crippen LogP contribution in [0, 0.1) is 0 Å². The molecule has 0 saturated carbocycles. The van der Waals surface area contributed by atoms with Crippen LogP contribution in [0.2, 0.25) is 5.02 Å². The van der Waals surface area contributed by atoms with Crippen LogP contribution in [0.15, 0.2) is 42.0 Å². The van der Waals surface area contributed by atoms with Gasteiger partial charge in [0.05, 0.1) is 5.69 Å². The zero-order chi connectivity index (χ0) is 13.2. The van der Waals surface area contributed by atoms with Crippen molar-refractivity contribution in [1.82, 2.24) is 9.38 Å². The molecule has 0 aliphatic heterocycles. The SMILES string of the molecule is Clc1ccccc1C(CBr)Cc1cn2ccsc2n1. The monoisotopic (exact) mass is 354 g/mol. The van der Waals surface area contributed by atoms with Crippen molar-refractivity contribution in [2.75, 3.05) is 5.33 Å². The van der Waals surface area contributed by atoms with E-state index in [4.69, 9.17) is 11.6 Å². The Kier molecular flexibility index (Phi) is 3.91. The summed E-state index contributed by atoms with van der Waals surface area (Å²) in [5, 5.41) is 3.75. The number of alkyl halides is 1. The van der Waals surface area contributed by atoms with Crippen molar-refractivity contribution in [1.29, 1.82) is 0 Å². The quantitative estimate of drug-likeness (QED) is 0.616. The highest BCUT2D eigenvalue weighted by atomic mass is 79.9. The molecule has 1 aromatic carbocycles. The Morgan fingerprint density at radius 2 is 2.21 bits per heavy atom. The van der Waals surface area contributed by atoms with Crippen LogP contribution in [0.4, 0.5) is 0 Å². The van der Waals surface area contributed by atoms with E-state index < -0.39 is 0 Å². The van der Waals surface area contributed by atoms with E-state index in [0.717, 1.165) is 27.4 Å². The highest BCUT2D eigenvalue weighted by Crippen LogP contribution is 2.29. The van der Waals surface area contributed by atoms with E-state index in [2.05, 4.69) is 37.6 Å². The van der Waals surface area contributed by atoms with Gasteiger partial charge in [-0.25, -0.2) is 4.98 Å². The molecule has 1 atom stereocenters. The molecule has 2 nitrogen and oxygen atoms in total. The smallest absolute Gasteiger partial charge is 0.193 e. The number of aromatic nitrogens is 2. The Balaban J connectivity index is 1.87. The van der Waals surface area contributed by atoms with Crippen molar-refractivity contribution in [2.24, 2.45) is 0 Å². The standard InChI is InChI=1S/C14H12BrClN2S/c15-8-10(12-3-1-2-4-13(12)16)7-11-9-18-5-6-19-14(18)17-11/h1-6,9-10H,7-8H2. The molecular formula is C14H12BrClN2S. The van der Waals surface area contributed by atoms with Crippen LogP contribution >= 0.6 is 38.9 Å². The fourth-order valence-corrected chi connectivity index (χ4v) is 3.77. The summed E-state index contributed by atoms with van der Waals surface area (Å²) in [6.45, 7) is 0. The second-order valence-corrected chi connectivity index (χ2v) is 6.33. The molecule has 1 unspecified atom stereocenters. The molecule has 2 heterocycles. The van der Waals surface area contributed by atoms with Crippen LogP contribution in [-0.4, -0.2) is 14.7 Å². The van der Waals surface area contributed by atoms with Crippen LogP contribution in [0.5, 0.6) is 0 Å². The summed E-state index contributed by atoms with van der Waals surface area (Å²) in [5.41, 5.74) is 2.29. The lowest BCUT2D eigenvalue weighted by atomic mass is 9.96. The van der Waals surface area contributed by atoms with Gasteiger partial charge in [0, 0.05) is 34.0 Å². The number of thiazole rings is 1. The van der Waals surface area contributed by atoms with Gasteiger partial charge in [-0.3, -0.25) is 4.40 Å². The maximum absolute atomic E-state index is 6.28. The van der Waals surface area contributed by atoms with Gasteiger partial charge in [0.1, 0.15) is 0 Å². The lowest BCUT2D eigenvalue weighted by Crippen LogP contribution is -2.05. The van der Waals surface area contributed by atoms with Gasteiger partial charge in [-0.2, -0.15) is 0 Å². The van der Waals surface area contributed by atoms with Crippen molar-refractivity contribution in [3.05, 3.63) is 58.3 Å². The average molecular weight is 356 g/mol. The van der Waals surface area contributed by atoms with Crippen molar-refractivity contribution in [2.45, 2.75) is 12.3 Å². The zero-order valence-corrected chi connectivity index (χ0v) is 13.3. The average Bonchev–Trinajstić information content (AvgIpc) is 2.97. The van der Waals surface area contributed by atoms with Crippen LogP contribution in [0.25, 0.3) is 4.96 Å². The van der Waals surface area contributed by atoms with E-state index in [0.29, 0.717) is 5.92 Å². The molecule has 0 spiro atoms. The van der Waals surface area contributed by atoms with E-state index in [9.17, 15) is 0 Å². The van der Waals surface area contributed by atoms with Crippen LogP contribution < -0.4 is 0 Å². The largest absolute Gasteiger partial charge is 0.297 e. The van der Waals surface area contributed by atoms with Crippen LogP contribution in [-0.2, 0) is 6.42 Å². The summed E-state index contributed by atoms with van der Waals surface area (Å²) >= 11 is 11.5. The van der Waals surface area contributed by atoms with Gasteiger partial charge in [0.2, 0.25) is 0 Å². The molecule has 0 amide bonds. The van der Waals surface area contributed by atoms with Gasteiger partial charge >= 0.3 is 0 Å². The summed E-state index contributed by atoms with van der Waals surface area (Å²) < 4.78 is 2.07. The Hall–Kier alpha value is -0.840. The number of halogens is 2. The number of hydrogen-bond acceptors (Lipinski definition) is 2. The second-order valence-electron chi connectivity index (χ2n) is 4.40. The van der Waals surface area contributed by atoms with E-state index in [1.54, 1.807) is 11.3 Å². The first-order valence-corrected chi connectivity index (χ1v) is 8.37. The molecule has 98 valence electrons. The predicted octanol–water partition coefficient (Wildman–Crippen LogP) is 4.77. The summed E-state index contributed by atoms with van der Waals surface area (Å²) in [4.78, 5) is 5.68. The van der Waals surface area contributed by atoms with E-state index >= 15 is 0 Å². The normalized spacial score (nSPS) is 12.9. The number of imidazole rings is 1. The first-order valence-electron chi connectivity index (χ1n) is 5.99. The molecule has 3 rings (SSSR count). The number of benzene rings is 1. The molecule has 0 bridgehead atoms. The third-order valence-electron chi connectivity index (χ3n) is 3.13. The minimum absolute atomic E-state index is 0.346. The molecule has 0 radical (unpaired) electrons. The molecule has 2 aromatic heterocycles. The lowest BCUT2D eigenvalue weighted by Gasteiger charge is -2.14. The number of fused-ring (bicyclic) bond motifs is 1. The Morgan fingerprint density at radius 3 is 2.95 bits per heavy atom. The molecule has 0 aliphatic carbocycles. The van der Waals surface area contributed by atoms with Crippen LogP contribution in [0.1, 0.15) is 17.2 Å². The Labute approximate surface area is 129 Å². The van der Waals surface area contributed by atoms with Crippen molar-refractivity contribution in [3.8, 4) is 0 Å². The van der Waals surface area contributed by atoms with Gasteiger partial charge < -0.3 is 0 Å². The maximum Gasteiger partial charge on any atom is 0.193 e. The van der Waals surface area contributed by atoms with E-state index in [1.807, 2.05) is 29.8 Å². The molecule has 0 fully saturated rings. The predicted molar refractivity (Wildman–Crippen MR) is 84.8 cm³/mol. The maximum atomic E-state index is 6.28. The fraction of sp³-hybridized carbons (Fsp3) is 0.214. The molecule has 0 saturated heterocycles. The molecular weight excluding hydrogens is 344 g/mol. The number of rotatable bonds is 4. The van der Waals surface area contributed by atoms with Crippen LogP contribution in [0.3, 0.4) is 0 Å². The van der Waals surface area contributed by atoms with Crippen molar-refractivity contribution in [3.63, 3.8) is 0 Å². The minimum Gasteiger partial charge on any atom is -0.297 e. The van der Waals surface area contributed by atoms with Gasteiger partial charge in [-0.1, -0.05) is 45.7 Å². The molecule has 0 aliphatic rings. The highest BCUT2D eigenvalue weighted by Gasteiger charge is 2.16. The first kappa shape index (κ1) is 13.2. The third kappa shape index (κ3) is 2.71. The van der Waals surface area contributed by atoms with Crippen molar-refractivity contribution >= 4 is 43.8 Å². The van der Waals surface area contributed by atoms with Gasteiger partial charge in [-0.15, -0.1) is 11.3 Å². The molecule has 19 heavy (non-hydrogen) atoms. The summed E-state index contributed by atoms with van der Waals surface area (Å²) in [6, 6.07) is 8.03. The van der Waals surface area contributed by atoms with E-state index in [-0.39, 0.29) is 0 Å². The van der Waals surface area contributed by atoms with Gasteiger partial charge in [-0.05, 0) is 18.1 Å². The van der Waals surface area contributed by atoms with E-state index in [1.165, 1.54) is 5.56 Å². The topological polar surface area (TPSA) is 17.3 Å². The third-order valence-corrected chi connectivity index (χ3v) is 5.03. The second kappa shape index (κ2) is 5.65. The zero-order valence-electron chi connectivity index (χ0n) is 10.1. The fourth-order valence-electron chi connectivity index (χ4n) is 2.18.